The van der Waals surface area contributed by atoms with Gasteiger partial charge in [-0.25, -0.2) is 0 Å². The molecular weight excluding hydrogens is 288 g/mol. The van der Waals surface area contributed by atoms with Crippen LogP contribution in [0.1, 0.15) is 40.5 Å². The minimum atomic E-state index is -0.168. The molecule has 0 atom stereocenters. The summed E-state index contributed by atoms with van der Waals surface area (Å²) in [6.07, 6.45) is 2.46. The Morgan fingerprint density at radius 1 is 0.957 bits per heavy atom. The Balaban J connectivity index is 1.70. The van der Waals surface area contributed by atoms with Crippen molar-refractivity contribution in [2.75, 3.05) is 23.3 Å². The van der Waals surface area contributed by atoms with E-state index in [1.165, 1.54) is 19.8 Å². The van der Waals surface area contributed by atoms with Crippen LogP contribution in [-0.4, -0.2) is 24.8 Å². The summed E-state index contributed by atoms with van der Waals surface area (Å²) in [7, 11) is 0. The number of nitrogens with zero attached hydrogens (tertiary/aromatic N) is 1. The van der Waals surface area contributed by atoms with Crippen molar-refractivity contribution in [2.45, 2.75) is 19.8 Å². The van der Waals surface area contributed by atoms with Gasteiger partial charge in [0, 0.05) is 35.6 Å². The normalized spacial score (nSPS) is 13.9. The molecule has 0 bridgehead atoms. The molecule has 0 aliphatic carbocycles. The van der Waals surface area contributed by atoms with E-state index in [1.54, 1.807) is 24.3 Å². The average molecular weight is 308 g/mol. The molecule has 0 aromatic heterocycles. The Labute approximate surface area is 136 Å². The van der Waals surface area contributed by atoms with Gasteiger partial charge < -0.3 is 10.2 Å². The fraction of sp³-hybridized carbons (Fsp3) is 0.263. The van der Waals surface area contributed by atoms with Gasteiger partial charge in [0.25, 0.3) is 5.91 Å². The smallest absolute Gasteiger partial charge is 0.255 e. The van der Waals surface area contributed by atoms with Crippen molar-refractivity contribution >= 4 is 23.1 Å². The van der Waals surface area contributed by atoms with Crippen LogP contribution in [0.25, 0.3) is 0 Å². The van der Waals surface area contributed by atoms with Gasteiger partial charge in [-0.2, -0.15) is 0 Å². The third-order valence-electron chi connectivity index (χ3n) is 4.13. The van der Waals surface area contributed by atoms with E-state index < -0.39 is 0 Å². The van der Waals surface area contributed by atoms with Crippen LogP contribution < -0.4 is 10.2 Å². The maximum absolute atomic E-state index is 12.3. The van der Waals surface area contributed by atoms with Crippen molar-refractivity contribution in [3.8, 4) is 0 Å². The lowest BCUT2D eigenvalue weighted by molar-refractivity contribution is 0.101. The highest BCUT2D eigenvalue weighted by Crippen LogP contribution is 2.21. The summed E-state index contributed by atoms with van der Waals surface area (Å²) in [6, 6.07) is 14.7. The van der Waals surface area contributed by atoms with Crippen LogP contribution in [0, 0.1) is 0 Å². The molecule has 1 saturated heterocycles. The van der Waals surface area contributed by atoms with Crippen molar-refractivity contribution in [1.82, 2.24) is 0 Å². The van der Waals surface area contributed by atoms with E-state index in [-0.39, 0.29) is 11.7 Å². The second-order valence-corrected chi connectivity index (χ2v) is 5.83. The first-order chi connectivity index (χ1) is 11.1. The number of amides is 1. The maximum atomic E-state index is 12.3. The molecule has 0 saturated carbocycles. The molecule has 1 N–H and O–H groups in total. The van der Waals surface area contributed by atoms with E-state index in [0.29, 0.717) is 16.8 Å². The lowest BCUT2D eigenvalue weighted by Gasteiger charge is -2.17. The summed E-state index contributed by atoms with van der Waals surface area (Å²) in [5.74, 6) is -0.185. The van der Waals surface area contributed by atoms with E-state index in [4.69, 9.17) is 0 Å². The third kappa shape index (κ3) is 3.59. The monoisotopic (exact) mass is 308 g/mol. The molecule has 1 heterocycles. The van der Waals surface area contributed by atoms with Crippen molar-refractivity contribution in [2.24, 2.45) is 0 Å². The fourth-order valence-corrected chi connectivity index (χ4v) is 2.82. The zero-order chi connectivity index (χ0) is 16.2. The molecule has 0 radical (unpaired) electrons. The van der Waals surface area contributed by atoms with Crippen LogP contribution in [-0.2, 0) is 0 Å². The van der Waals surface area contributed by atoms with Crippen LogP contribution in [0.2, 0.25) is 0 Å². The quantitative estimate of drug-likeness (QED) is 0.875. The number of Topliss-reactive ketones (excluding diaryl/α,β-unsaturated/α-hetero) is 1. The second kappa shape index (κ2) is 6.65. The summed E-state index contributed by atoms with van der Waals surface area (Å²) < 4.78 is 0. The van der Waals surface area contributed by atoms with Crippen molar-refractivity contribution in [1.29, 1.82) is 0 Å². The Kier molecular flexibility index (Phi) is 4.42. The summed E-state index contributed by atoms with van der Waals surface area (Å²) in [4.78, 5) is 26.0. The summed E-state index contributed by atoms with van der Waals surface area (Å²) in [5, 5.41) is 2.84. The van der Waals surface area contributed by atoms with E-state index in [1.807, 2.05) is 24.3 Å². The van der Waals surface area contributed by atoms with Gasteiger partial charge in [0.15, 0.2) is 5.78 Å². The first-order valence-electron chi connectivity index (χ1n) is 7.91. The molecular formula is C19H20N2O2. The molecule has 23 heavy (non-hydrogen) atoms. The van der Waals surface area contributed by atoms with Crippen LogP contribution in [0.3, 0.4) is 0 Å². The van der Waals surface area contributed by atoms with Crippen LogP contribution in [0.4, 0.5) is 11.4 Å². The number of nitrogens with one attached hydrogen (secondary N) is 1. The molecule has 2 aromatic carbocycles. The number of carbonyl (C=O) groups excluding carboxylic acids is 2. The van der Waals surface area contributed by atoms with E-state index in [9.17, 15) is 9.59 Å². The Morgan fingerprint density at radius 3 is 2.30 bits per heavy atom. The molecule has 0 unspecified atom stereocenters. The largest absolute Gasteiger partial charge is 0.372 e. The Hall–Kier alpha value is -2.62. The number of benzene rings is 2. The average Bonchev–Trinajstić information content (AvgIpc) is 3.09. The van der Waals surface area contributed by atoms with Crippen molar-refractivity contribution in [3.63, 3.8) is 0 Å². The number of hydrogen-bond acceptors (Lipinski definition) is 3. The van der Waals surface area contributed by atoms with Gasteiger partial charge >= 0.3 is 0 Å². The molecule has 1 aliphatic rings. The lowest BCUT2D eigenvalue weighted by Crippen LogP contribution is -2.18. The number of hydrogen-bond donors (Lipinski definition) is 1. The van der Waals surface area contributed by atoms with Gasteiger partial charge in [-0.15, -0.1) is 0 Å². The number of carbonyl (C=O) groups is 2. The molecule has 4 nitrogen and oxygen atoms in total. The molecule has 118 valence electrons. The first kappa shape index (κ1) is 15.3. The fourth-order valence-electron chi connectivity index (χ4n) is 2.82. The third-order valence-corrected chi connectivity index (χ3v) is 4.13. The van der Waals surface area contributed by atoms with Gasteiger partial charge in [0.1, 0.15) is 0 Å². The van der Waals surface area contributed by atoms with Gasteiger partial charge in [-0.1, -0.05) is 12.1 Å². The topological polar surface area (TPSA) is 49.4 Å². The van der Waals surface area contributed by atoms with Crippen LogP contribution in [0.5, 0.6) is 0 Å². The summed E-state index contributed by atoms with van der Waals surface area (Å²) in [6.45, 7) is 3.69. The van der Waals surface area contributed by atoms with E-state index in [2.05, 4.69) is 10.2 Å². The van der Waals surface area contributed by atoms with Crippen LogP contribution in [0.15, 0.2) is 48.5 Å². The molecule has 0 spiro atoms. The maximum Gasteiger partial charge on any atom is 0.255 e. The summed E-state index contributed by atoms with van der Waals surface area (Å²) >= 11 is 0. The zero-order valence-electron chi connectivity index (χ0n) is 13.2. The molecule has 1 amide bonds. The minimum Gasteiger partial charge on any atom is -0.372 e. The Bertz CT molecular complexity index is 716. The predicted octanol–water partition coefficient (Wildman–Crippen LogP) is 3.74. The molecule has 4 heteroatoms. The van der Waals surface area contributed by atoms with Crippen molar-refractivity contribution in [3.05, 3.63) is 59.7 Å². The van der Waals surface area contributed by atoms with E-state index >= 15 is 0 Å². The molecule has 3 rings (SSSR count). The van der Waals surface area contributed by atoms with E-state index in [0.717, 1.165) is 18.8 Å². The second-order valence-electron chi connectivity index (χ2n) is 5.83. The van der Waals surface area contributed by atoms with Gasteiger partial charge in [0.2, 0.25) is 0 Å². The van der Waals surface area contributed by atoms with Gasteiger partial charge in [-0.3, -0.25) is 9.59 Å². The summed E-state index contributed by atoms with van der Waals surface area (Å²) in [5.41, 5.74) is 3.00. The lowest BCUT2D eigenvalue weighted by atomic mass is 10.1. The minimum absolute atomic E-state index is 0.0175. The number of ketones is 1. The number of rotatable bonds is 4. The highest BCUT2D eigenvalue weighted by molar-refractivity contribution is 6.05. The predicted molar refractivity (Wildman–Crippen MR) is 92.3 cm³/mol. The van der Waals surface area contributed by atoms with Gasteiger partial charge in [-0.05, 0) is 56.2 Å². The van der Waals surface area contributed by atoms with Crippen molar-refractivity contribution < 1.29 is 9.59 Å². The highest BCUT2D eigenvalue weighted by Gasteiger charge is 2.13. The zero-order valence-corrected chi connectivity index (χ0v) is 13.2. The Morgan fingerprint density at radius 2 is 1.65 bits per heavy atom. The van der Waals surface area contributed by atoms with Gasteiger partial charge in [0.05, 0.1) is 0 Å². The molecule has 1 fully saturated rings. The highest BCUT2D eigenvalue weighted by atomic mass is 16.1. The molecule has 1 aliphatic heterocycles. The SMILES string of the molecule is CC(=O)c1cccc(NC(=O)c2ccc(N3CCCC3)cc2)c1. The first-order valence-corrected chi connectivity index (χ1v) is 7.91. The number of anilines is 2. The molecule has 2 aromatic rings. The standard InChI is InChI=1S/C19H20N2O2/c1-14(22)16-5-4-6-17(13-16)20-19(23)15-7-9-18(10-8-15)21-11-2-3-12-21/h4-10,13H,2-3,11-12H2,1H3,(H,20,23). The van der Waals surface area contributed by atoms with Crippen LogP contribution >= 0.6 is 0 Å².